The van der Waals surface area contributed by atoms with Gasteiger partial charge in [-0.2, -0.15) is 9.61 Å². The van der Waals surface area contributed by atoms with Crippen LogP contribution in [0.25, 0.3) is 4.96 Å². The fraction of sp³-hybridized carbons (Fsp3) is 0.727. The largest absolute Gasteiger partial charge is 0.322 e. The van der Waals surface area contributed by atoms with Gasteiger partial charge in [-0.25, -0.2) is 0 Å². The lowest BCUT2D eigenvalue weighted by Crippen LogP contribution is -2.17. The van der Waals surface area contributed by atoms with Crippen LogP contribution in [0.3, 0.4) is 0 Å². The van der Waals surface area contributed by atoms with Crippen molar-refractivity contribution in [1.29, 1.82) is 0 Å². The molecule has 0 bridgehead atoms. The molecule has 0 aliphatic carbocycles. The summed E-state index contributed by atoms with van der Waals surface area (Å²) in [7, 11) is 0. The Morgan fingerprint density at radius 3 is 2.65 bits per heavy atom. The van der Waals surface area contributed by atoms with E-state index in [9.17, 15) is 0 Å². The normalized spacial score (nSPS) is 14.4. The molecule has 0 saturated heterocycles. The van der Waals surface area contributed by atoms with Crippen molar-refractivity contribution in [2.24, 2.45) is 5.73 Å². The SMILES string of the molecule is CCCC(N)c1nn2c(C(C)(C)C)nnc2s1. The topological polar surface area (TPSA) is 69.1 Å². The quantitative estimate of drug-likeness (QED) is 0.911. The van der Waals surface area contributed by atoms with Gasteiger partial charge in [-0.1, -0.05) is 45.5 Å². The molecule has 2 N–H and O–H groups in total. The third-order valence-electron chi connectivity index (χ3n) is 2.59. The molecule has 6 heteroatoms. The number of nitrogens with two attached hydrogens (primary N) is 1. The lowest BCUT2D eigenvalue weighted by atomic mass is 9.96. The molecule has 0 fully saturated rings. The van der Waals surface area contributed by atoms with E-state index in [1.807, 2.05) is 4.52 Å². The van der Waals surface area contributed by atoms with Gasteiger partial charge in [-0.05, 0) is 6.42 Å². The van der Waals surface area contributed by atoms with E-state index in [1.165, 1.54) is 11.3 Å². The zero-order valence-electron chi connectivity index (χ0n) is 10.8. The first kappa shape index (κ1) is 12.4. The lowest BCUT2D eigenvalue weighted by molar-refractivity contribution is 0.523. The maximum absolute atomic E-state index is 6.07. The average molecular weight is 253 g/mol. The van der Waals surface area contributed by atoms with Crippen molar-refractivity contribution >= 4 is 16.3 Å². The van der Waals surface area contributed by atoms with Gasteiger partial charge in [0.25, 0.3) is 0 Å². The lowest BCUT2D eigenvalue weighted by Gasteiger charge is -2.13. The predicted molar refractivity (Wildman–Crippen MR) is 69.2 cm³/mol. The molecular weight excluding hydrogens is 234 g/mol. The molecule has 0 saturated carbocycles. The Hall–Kier alpha value is -1.01. The van der Waals surface area contributed by atoms with Crippen LogP contribution in [0.2, 0.25) is 0 Å². The van der Waals surface area contributed by atoms with Crippen LogP contribution in [0.4, 0.5) is 0 Å². The van der Waals surface area contributed by atoms with Crippen LogP contribution in [0.1, 0.15) is 57.4 Å². The van der Waals surface area contributed by atoms with Crippen LogP contribution in [-0.2, 0) is 5.41 Å². The van der Waals surface area contributed by atoms with Gasteiger partial charge < -0.3 is 5.73 Å². The number of hydrogen-bond donors (Lipinski definition) is 1. The number of fused-ring (bicyclic) bond motifs is 1. The van der Waals surface area contributed by atoms with Crippen molar-refractivity contribution in [3.8, 4) is 0 Å². The highest BCUT2D eigenvalue weighted by molar-refractivity contribution is 7.16. The molecule has 0 aliphatic rings. The Kier molecular flexibility index (Phi) is 3.18. The highest BCUT2D eigenvalue weighted by atomic mass is 32.1. The van der Waals surface area contributed by atoms with Crippen LogP contribution in [0.5, 0.6) is 0 Å². The standard InChI is InChI=1S/C11H19N5S/c1-5-6-7(12)8-15-16-9(11(2,3)4)13-14-10(16)17-8/h7H,5-6,12H2,1-4H3. The van der Waals surface area contributed by atoms with Crippen LogP contribution < -0.4 is 5.73 Å². The van der Waals surface area contributed by atoms with E-state index in [4.69, 9.17) is 5.73 Å². The third-order valence-corrected chi connectivity index (χ3v) is 3.62. The summed E-state index contributed by atoms with van der Waals surface area (Å²) in [5, 5.41) is 13.8. The highest BCUT2D eigenvalue weighted by Crippen LogP contribution is 2.26. The minimum atomic E-state index is -0.0559. The molecule has 0 aliphatic heterocycles. The molecule has 0 aromatic carbocycles. The molecular formula is C11H19N5S. The molecule has 2 aromatic rings. The molecule has 94 valence electrons. The van der Waals surface area contributed by atoms with Crippen LogP contribution in [0, 0.1) is 0 Å². The fourth-order valence-electron chi connectivity index (χ4n) is 1.68. The van der Waals surface area contributed by atoms with Gasteiger partial charge in [0.15, 0.2) is 5.82 Å². The summed E-state index contributed by atoms with van der Waals surface area (Å²) in [4.78, 5) is 0.830. The highest BCUT2D eigenvalue weighted by Gasteiger charge is 2.24. The van der Waals surface area contributed by atoms with E-state index in [0.29, 0.717) is 0 Å². The monoisotopic (exact) mass is 253 g/mol. The molecule has 1 unspecified atom stereocenters. The summed E-state index contributed by atoms with van der Waals surface area (Å²) in [5.41, 5.74) is 6.02. The van der Waals surface area contributed by atoms with Crippen LogP contribution >= 0.6 is 11.3 Å². The summed E-state index contributed by atoms with van der Waals surface area (Å²) in [6.45, 7) is 8.44. The zero-order valence-corrected chi connectivity index (χ0v) is 11.6. The molecule has 0 radical (unpaired) electrons. The first-order valence-corrected chi connectivity index (χ1v) is 6.73. The van der Waals surface area contributed by atoms with Crippen molar-refractivity contribution in [1.82, 2.24) is 19.8 Å². The summed E-state index contributed by atoms with van der Waals surface area (Å²) >= 11 is 1.54. The molecule has 17 heavy (non-hydrogen) atoms. The summed E-state index contributed by atoms with van der Waals surface area (Å²) in [6.07, 6.45) is 2.02. The molecule has 1 atom stereocenters. The summed E-state index contributed by atoms with van der Waals surface area (Å²) in [6, 6.07) is 0.0134. The second-order valence-electron chi connectivity index (χ2n) is 5.30. The molecule has 0 spiro atoms. The number of aromatic nitrogens is 4. The molecule has 0 amide bonds. The third kappa shape index (κ3) is 2.32. The van der Waals surface area contributed by atoms with E-state index < -0.39 is 0 Å². The smallest absolute Gasteiger partial charge is 0.234 e. The van der Waals surface area contributed by atoms with Crippen LogP contribution in [-0.4, -0.2) is 19.8 Å². The summed E-state index contributed by atoms with van der Waals surface area (Å²) < 4.78 is 1.83. The Balaban J connectivity index is 2.42. The van der Waals surface area contributed by atoms with Gasteiger partial charge in [0, 0.05) is 5.41 Å². The minimum absolute atomic E-state index is 0.0134. The van der Waals surface area contributed by atoms with E-state index in [1.54, 1.807) is 0 Å². The van der Waals surface area contributed by atoms with Crippen molar-refractivity contribution in [2.75, 3.05) is 0 Å². The number of hydrogen-bond acceptors (Lipinski definition) is 5. The van der Waals surface area contributed by atoms with E-state index >= 15 is 0 Å². The Labute approximate surface area is 105 Å². The van der Waals surface area contributed by atoms with Crippen molar-refractivity contribution in [3.63, 3.8) is 0 Å². The van der Waals surface area contributed by atoms with Crippen molar-refractivity contribution in [3.05, 3.63) is 10.8 Å². The van der Waals surface area contributed by atoms with Gasteiger partial charge in [-0.3, -0.25) is 0 Å². The maximum atomic E-state index is 6.07. The number of nitrogens with zero attached hydrogens (tertiary/aromatic N) is 4. The van der Waals surface area contributed by atoms with Gasteiger partial charge in [0.05, 0.1) is 6.04 Å². The molecule has 2 rings (SSSR count). The Morgan fingerprint density at radius 2 is 2.06 bits per heavy atom. The van der Waals surface area contributed by atoms with E-state index in [-0.39, 0.29) is 11.5 Å². The molecule has 5 nitrogen and oxygen atoms in total. The second kappa shape index (κ2) is 4.34. The molecule has 2 heterocycles. The first-order valence-electron chi connectivity index (χ1n) is 5.91. The first-order chi connectivity index (χ1) is 7.93. The predicted octanol–water partition coefficient (Wildman–Crippen LogP) is 2.28. The van der Waals surface area contributed by atoms with Gasteiger partial charge in [0.1, 0.15) is 5.01 Å². The molecule has 2 aromatic heterocycles. The Bertz CT molecular complexity index is 507. The minimum Gasteiger partial charge on any atom is -0.322 e. The van der Waals surface area contributed by atoms with Crippen molar-refractivity contribution < 1.29 is 0 Å². The fourth-order valence-corrected chi connectivity index (χ4v) is 2.56. The van der Waals surface area contributed by atoms with E-state index in [0.717, 1.165) is 28.6 Å². The number of rotatable bonds is 3. The van der Waals surface area contributed by atoms with E-state index in [2.05, 4.69) is 43.0 Å². The van der Waals surface area contributed by atoms with Gasteiger partial charge >= 0.3 is 0 Å². The maximum Gasteiger partial charge on any atom is 0.234 e. The average Bonchev–Trinajstić information content (AvgIpc) is 2.73. The van der Waals surface area contributed by atoms with Crippen LogP contribution in [0.15, 0.2) is 0 Å². The summed E-state index contributed by atoms with van der Waals surface area (Å²) in [5.74, 6) is 0.888. The second-order valence-corrected chi connectivity index (χ2v) is 6.29. The van der Waals surface area contributed by atoms with Gasteiger partial charge in [-0.15, -0.1) is 10.2 Å². The van der Waals surface area contributed by atoms with Crippen molar-refractivity contribution in [2.45, 2.75) is 52.0 Å². The van der Waals surface area contributed by atoms with Gasteiger partial charge in [0.2, 0.25) is 4.96 Å². The Morgan fingerprint density at radius 1 is 1.35 bits per heavy atom. The zero-order chi connectivity index (χ0) is 12.6.